The van der Waals surface area contributed by atoms with Crippen LogP contribution in [0.15, 0.2) is 35.3 Å². The Morgan fingerprint density at radius 2 is 1.83 bits per heavy atom. The highest BCUT2D eigenvalue weighted by molar-refractivity contribution is 5.80. The Kier molecular flexibility index (Phi) is 9.25. The molecule has 2 aliphatic rings. The summed E-state index contributed by atoms with van der Waals surface area (Å²) < 4.78 is 5.97. The smallest absolute Gasteiger partial charge is 0.193 e. The Morgan fingerprint density at radius 3 is 2.55 bits per heavy atom. The van der Waals surface area contributed by atoms with E-state index in [1.54, 1.807) is 0 Å². The fourth-order valence-electron chi connectivity index (χ4n) is 4.13. The van der Waals surface area contributed by atoms with E-state index in [1.165, 1.54) is 44.7 Å². The van der Waals surface area contributed by atoms with Crippen molar-refractivity contribution in [2.75, 3.05) is 72.1 Å². The average molecular weight is 402 g/mol. The van der Waals surface area contributed by atoms with Gasteiger partial charge >= 0.3 is 0 Å². The van der Waals surface area contributed by atoms with Crippen LogP contribution in [-0.2, 0) is 11.3 Å². The zero-order valence-corrected chi connectivity index (χ0v) is 18.4. The molecule has 0 aromatic heterocycles. The summed E-state index contributed by atoms with van der Waals surface area (Å²) in [7, 11) is 0. The van der Waals surface area contributed by atoms with Gasteiger partial charge in [0.2, 0.25) is 0 Å². The lowest BCUT2D eigenvalue weighted by Gasteiger charge is -2.33. The third-order valence-corrected chi connectivity index (χ3v) is 5.98. The van der Waals surface area contributed by atoms with Gasteiger partial charge in [-0.1, -0.05) is 37.3 Å². The molecule has 1 aromatic carbocycles. The summed E-state index contributed by atoms with van der Waals surface area (Å²) in [6.07, 6.45) is 1.18. The van der Waals surface area contributed by atoms with Crippen LogP contribution < -0.4 is 5.32 Å². The highest BCUT2D eigenvalue weighted by Crippen LogP contribution is 2.17. The Bertz CT molecular complexity index is 601. The summed E-state index contributed by atoms with van der Waals surface area (Å²) >= 11 is 0. The molecule has 2 saturated heterocycles. The second-order valence-corrected chi connectivity index (χ2v) is 8.11. The monoisotopic (exact) mass is 401 g/mol. The predicted molar refractivity (Wildman–Crippen MR) is 120 cm³/mol. The van der Waals surface area contributed by atoms with Crippen molar-refractivity contribution in [2.24, 2.45) is 10.9 Å². The Hall–Kier alpha value is -1.63. The maximum absolute atomic E-state index is 5.97. The molecule has 1 atom stereocenters. The van der Waals surface area contributed by atoms with E-state index in [-0.39, 0.29) is 0 Å². The SMILES string of the molecule is CCNC(=NCCN1CCN(CC)CC1)N1CCC(COCc2ccccc2)C1. The molecule has 2 fully saturated rings. The van der Waals surface area contributed by atoms with Gasteiger partial charge in [0.05, 0.1) is 19.8 Å². The number of rotatable bonds is 9. The Balaban J connectivity index is 1.39. The average Bonchev–Trinajstić information content (AvgIpc) is 3.23. The number of benzene rings is 1. The van der Waals surface area contributed by atoms with Crippen LogP contribution in [0.4, 0.5) is 0 Å². The molecule has 0 aliphatic carbocycles. The first-order chi connectivity index (χ1) is 14.3. The number of hydrogen-bond donors (Lipinski definition) is 1. The minimum absolute atomic E-state index is 0.588. The quantitative estimate of drug-likeness (QED) is 0.507. The fourth-order valence-corrected chi connectivity index (χ4v) is 4.13. The van der Waals surface area contributed by atoms with E-state index in [2.05, 4.69) is 58.1 Å². The van der Waals surface area contributed by atoms with Crippen molar-refractivity contribution in [3.05, 3.63) is 35.9 Å². The highest BCUT2D eigenvalue weighted by atomic mass is 16.5. The van der Waals surface area contributed by atoms with Gasteiger partial charge in [-0.15, -0.1) is 0 Å². The molecule has 1 aromatic rings. The van der Waals surface area contributed by atoms with Gasteiger partial charge in [-0.25, -0.2) is 0 Å². The van der Waals surface area contributed by atoms with Crippen LogP contribution in [-0.4, -0.2) is 92.7 Å². The zero-order chi connectivity index (χ0) is 20.3. The first-order valence-electron chi connectivity index (χ1n) is 11.4. The van der Waals surface area contributed by atoms with Gasteiger partial charge in [-0.2, -0.15) is 0 Å². The first-order valence-corrected chi connectivity index (χ1v) is 11.4. The second-order valence-electron chi connectivity index (χ2n) is 8.11. The van der Waals surface area contributed by atoms with Gasteiger partial charge in [-0.05, 0) is 25.5 Å². The van der Waals surface area contributed by atoms with Crippen molar-refractivity contribution in [3.63, 3.8) is 0 Å². The minimum Gasteiger partial charge on any atom is -0.376 e. The molecule has 29 heavy (non-hydrogen) atoms. The van der Waals surface area contributed by atoms with Gasteiger partial charge in [0, 0.05) is 58.3 Å². The molecule has 1 unspecified atom stereocenters. The van der Waals surface area contributed by atoms with Gasteiger partial charge in [-0.3, -0.25) is 9.89 Å². The highest BCUT2D eigenvalue weighted by Gasteiger charge is 2.25. The van der Waals surface area contributed by atoms with Crippen molar-refractivity contribution in [1.82, 2.24) is 20.0 Å². The molecule has 0 amide bonds. The zero-order valence-electron chi connectivity index (χ0n) is 18.4. The van der Waals surface area contributed by atoms with Crippen molar-refractivity contribution >= 4 is 5.96 Å². The molecule has 162 valence electrons. The van der Waals surface area contributed by atoms with Crippen molar-refractivity contribution in [2.45, 2.75) is 26.9 Å². The number of nitrogens with zero attached hydrogens (tertiary/aromatic N) is 4. The molecule has 0 saturated carbocycles. The fraction of sp³-hybridized carbons (Fsp3) is 0.696. The number of likely N-dealkylation sites (tertiary alicyclic amines) is 1. The second kappa shape index (κ2) is 12.2. The van der Waals surface area contributed by atoms with E-state index in [1.807, 2.05) is 6.07 Å². The standard InChI is InChI=1S/C23H39N5O/c1-3-24-23(25-11-13-27-16-14-26(4-2)15-17-27)28-12-10-22(18-28)20-29-19-21-8-6-5-7-9-21/h5-9,22H,3-4,10-20H2,1-2H3,(H,24,25). The lowest BCUT2D eigenvalue weighted by Crippen LogP contribution is -2.47. The van der Waals surface area contributed by atoms with Crippen LogP contribution >= 0.6 is 0 Å². The molecule has 2 heterocycles. The number of guanidine groups is 1. The number of ether oxygens (including phenoxy) is 1. The third kappa shape index (κ3) is 7.28. The molecule has 3 rings (SSSR count). The molecule has 0 bridgehead atoms. The number of likely N-dealkylation sites (N-methyl/N-ethyl adjacent to an activating group) is 1. The van der Waals surface area contributed by atoms with E-state index in [0.717, 1.165) is 45.3 Å². The normalized spacial score (nSPS) is 21.7. The van der Waals surface area contributed by atoms with Crippen LogP contribution in [0.1, 0.15) is 25.8 Å². The van der Waals surface area contributed by atoms with Crippen LogP contribution in [0, 0.1) is 5.92 Å². The minimum atomic E-state index is 0.588. The van der Waals surface area contributed by atoms with Crippen molar-refractivity contribution in [1.29, 1.82) is 0 Å². The number of hydrogen-bond acceptors (Lipinski definition) is 4. The van der Waals surface area contributed by atoms with Crippen LogP contribution in [0.25, 0.3) is 0 Å². The molecule has 6 nitrogen and oxygen atoms in total. The lowest BCUT2D eigenvalue weighted by atomic mass is 10.1. The van der Waals surface area contributed by atoms with Crippen LogP contribution in [0.3, 0.4) is 0 Å². The molecule has 2 aliphatic heterocycles. The van der Waals surface area contributed by atoms with Crippen LogP contribution in [0.5, 0.6) is 0 Å². The van der Waals surface area contributed by atoms with Gasteiger partial charge in [0.15, 0.2) is 5.96 Å². The Labute approximate surface area is 176 Å². The summed E-state index contributed by atoms with van der Waals surface area (Å²) in [5.41, 5.74) is 1.25. The van der Waals surface area contributed by atoms with Crippen LogP contribution in [0.2, 0.25) is 0 Å². The first kappa shape index (κ1) is 22.1. The summed E-state index contributed by atoms with van der Waals surface area (Å²) in [5.74, 6) is 1.66. The van der Waals surface area contributed by atoms with E-state index >= 15 is 0 Å². The van der Waals surface area contributed by atoms with Gasteiger partial charge in [0.25, 0.3) is 0 Å². The summed E-state index contributed by atoms with van der Waals surface area (Å²) in [4.78, 5) is 12.4. The maximum atomic E-state index is 5.97. The predicted octanol–water partition coefficient (Wildman–Crippen LogP) is 2.13. The summed E-state index contributed by atoms with van der Waals surface area (Å²) in [6, 6.07) is 10.4. The van der Waals surface area contributed by atoms with Gasteiger partial charge < -0.3 is 19.9 Å². The topological polar surface area (TPSA) is 43.3 Å². The largest absolute Gasteiger partial charge is 0.376 e. The van der Waals surface area contributed by atoms with E-state index in [0.29, 0.717) is 12.5 Å². The van der Waals surface area contributed by atoms with Crippen molar-refractivity contribution < 1.29 is 4.74 Å². The number of nitrogens with one attached hydrogen (secondary N) is 1. The molecule has 6 heteroatoms. The molecule has 0 spiro atoms. The van der Waals surface area contributed by atoms with Gasteiger partial charge in [0.1, 0.15) is 0 Å². The van der Waals surface area contributed by atoms with E-state index in [4.69, 9.17) is 9.73 Å². The Morgan fingerprint density at radius 1 is 1.07 bits per heavy atom. The molecule has 1 N–H and O–H groups in total. The molecular formula is C23H39N5O. The number of aliphatic imine (C=N–C) groups is 1. The van der Waals surface area contributed by atoms with Crippen molar-refractivity contribution in [3.8, 4) is 0 Å². The third-order valence-electron chi connectivity index (χ3n) is 5.98. The van der Waals surface area contributed by atoms with E-state index < -0.39 is 0 Å². The molecular weight excluding hydrogens is 362 g/mol. The number of piperazine rings is 1. The van der Waals surface area contributed by atoms with E-state index in [9.17, 15) is 0 Å². The molecule has 0 radical (unpaired) electrons. The summed E-state index contributed by atoms with van der Waals surface area (Å²) in [6.45, 7) is 16.8. The maximum Gasteiger partial charge on any atom is 0.193 e. The summed E-state index contributed by atoms with van der Waals surface area (Å²) in [5, 5.41) is 3.49. The lowest BCUT2D eigenvalue weighted by molar-refractivity contribution is 0.0906.